The lowest BCUT2D eigenvalue weighted by Crippen LogP contribution is -2.40. The van der Waals surface area contributed by atoms with E-state index in [0.29, 0.717) is 19.9 Å². The molecular formula is C16H12F3N3O5S. The SMILES string of the molecule is COC(=O)C(O)c1nsc2ccc(-n3c(=O)cc(C(F)(F)F)n(C)c3=O)cc12. The van der Waals surface area contributed by atoms with Crippen LogP contribution >= 0.6 is 11.5 Å². The Balaban J connectivity index is 2.23. The van der Waals surface area contributed by atoms with Gasteiger partial charge in [0, 0.05) is 18.5 Å². The molecule has 2 heterocycles. The van der Waals surface area contributed by atoms with Gasteiger partial charge in [0.05, 0.1) is 17.5 Å². The molecule has 3 rings (SSSR count). The number of nitrogens with zero attached hydrogens (tertiary/aromatic N) is 3. The maximum absolute atomic E-state index is 13.0. The Labute approximate surface area is 158 Å². The first-order valence-corrected chi connectivity index (χ1v) is 8.39. The van der Waals surface area contributed by atoms with Crippen molar-refractivity contribution in [1.29, 1.82) is 0 Å². The Morgan fingerprint density at radius 2 is 1.96 bits per heavy atom. The molecule has 2 aromatic heterocycles. The van der Waals surface area contributed by atoms with Crippen molar-refractivity contribution in [2.75, 3.05) is 7.11 Å². The Morgan fingerprint density at radius 3 is 2.57 bits per heavy atom. The minimum atomic E-state index is -4.87. The standard InChI is InChI=1S/C16H12F3N3O5S/c1-21-10(16(17,18)19)6-11(23)22(15(21)26)7-3-4-9-8(5-7)12(20-28-9)13(24)14(25)27-2/h3-6,13,24H,1-2H3. The number of halogens is 3. The largest absolute Gasteiger partial charge is 0.467 e. The Hall–Kier alpha value is -2.99. The van der Waals surface area contributed by atoms with E-state index in [2.05, 4.69) is 9.11 Å². The van der Waals surface area contributed by atoms with Crippen molar-refractivity contribution in [2.24, 2.45) is 7.05 Å². The smallest absolute Gasteiger partial charge is 0.431 e. The molecule has 1 atom stereocenters. The van der Waals surface area contributed by atoms with E-state index in [4.69, 9.17) is 0 Å². The number of methoxy groups -OCH3 is 1. The normalized spacial score (nSPS) is 12.9. The van der Waals surface area contributed by atoms with Crippen molar-refractivity contribution >= 4 is 27.6 Å². The zero-order valence-corrected chi connectivity index (χ0v) is 15.2. The second-order valence-corrected chi connectivity index (χ2v) is 6.52. The van der Waals surface area contributed by atoms with Gasteiger partial charge in [0.1, 0.15) is 11.4 Å². The molecule has 1 aromatic carbocycles. The first kappa shape index (κ1) is 19.8. The fourth-order valence-electron chi connectivity index (χ4n) is 2.64. The monoisotopic (exact) mass is 415 g/mol. The van der Waals surface area contributed by atoms with E-state index in [-0.39, 0.29) is 16.8 Å². The molecule has 8 nitrogen and oxygen atoms in total. The molecule has 1 unspecified atom stereocenters. The zero-order chi connectivity index (χ0) is 20.8. The molecule has 148 valence electrons. The van der Waals surface area contributed by atoms with Crippen LogP contribution in [-0.2, 0) is 22.8 Å². The summed E-state index contributed by atoms with van der Waals surface area (Å²) in [7, 11) is 1.98. The highest BCUT2D eigenvalue weighted by Crippen LogP contribution is 2.30. The van der Waals surface area contributed by atoms with Crippen molar-refractivity contribution in [2.45, 2.75) is 12.3 Å². The van der Waals surface area contributed by atoms with Crippen LogP contribution in [-0.4, -0.2) is 31.7 Å². The third kappa shape index (κ3) is 3.20. The van der Waals surface area contributed by atoms with Gasteiger partial charge in [-0.15, -0.1) is 0 Å². The molecule has 0 amide bonds. The van der Waals surface area contributed by atoms with Crippen molar-refractivity contribution in [1.82, 2.24) is 13.5 Å². The molecule has 0 bridgehead atoms. The average Bonchev–Trinajstić information content (AvgIpc) is 3.05. The van der Waals surface area contributed by atoms with Crippen LogP contribution in [0.3, 0.4) is 0 Å². The predicted octanol–water partition coefficient (Wildman–Crippen LogP) is 1.37. The number of aromatic nitrogens is 3. The molecule has 0 aliphatic heterocycles. The highest BCUT2D eigenvalue weighted by molar-refractivity contribution is 7.13. The van der Waals surface area contributed by atoms with Gasteiger partial charge in [0.2, 0.25) is 0 Å². The van der Waals surface area contributed by atoms with Crippen LogP contribution in [0.4, 0.5) is 13.2 Å². The topological polar surface area (TPSA) is 103 Å². The highest BCUT2D eigenvalue weighted by atomic mass is 32.1. The number of rotatable bonds is 3. The molecule has 0 fully saturated rings. The van der Waals surface area contributed by atoms with E-state index in [0.717, 1.165) is 25.7 Å². The molecule has 0 saturated carbocycles. The minimum Gasteiger partial charge on any atom is -0.467 e. The number of aliphatic hydroxyl groups is 1. The van der Waals surface area contributed by atoms with Crippen molar-refractivity contribution in [3.63, 3.8) is 0 Å². The lowest BCUT2D eigenvalue weighted by molar-refractivity contribution is -0.150. The van der Waals surface area contributed by atoms with Gasteiger partial charge in [-0.3, -0.25) is 9.36 Å². The lowest BCUT2D eigenvalue weighted by Gasteiger charge is -2.14. The van der Waals surface area contributed by atoms with Gasteiger partial charge < -0.3 is 9.84 Å². The number of esters is 1. The molecule has 0 radical (unpaired) electrons. The summed E-state index contributed by atoms with van der Waals surface area (Å²) in [5, 5.41) is 10.3. The van der Waals surface area contributed by atoms with Crippen LogP contribution < -0.4 is 11.2 Å². The zero-order valence-electron chi connectivity index (χ0n) is 14.4. The summed E-state index contributed by atoms with van der Waals surface area (Å²) in [4.78, 5) is 36.2. The summed E-state index contributed by atoms with van der Waals surface area (Å²) >= 11 is 0.954. The van der Waals surface area contributed by atoms with E-state index in [1.165, 1.54) is 18.2 Å². The number of hydrogen-bond acceptors (Lipinski definition) is 7. The van der Waals surface area contributed by atoms with Crippen molar-refractivity contribution in [3.05, 3.63) is 56.5 Å². The number of alkyl halides is 3. The lowest BCUT2D eigenvalue weighted by atomic mass is 10.1. The fraction of sp³-hybridized carbons (Fsp3) is 0.250. The Kier molecular flexibility index (Phi) is 4.85. The van der Waals surface area contributed by atoms with E-state index in [9.17, 15) is 32.7 Å². The van der Waals surface area contributed by atoms with Crippen LogP contribution in [0.5, 0.6) is 0 Å². The maximum Gasteiger partial charge on any atom is 0.431 e. The number of fused-ring (bicyclic) bond motifs is 1. The molecule has 0 saturated heterocycles. The summed E-state index contributed by atoms with van der Waals surface area (Å²) in [6, 6.07) is 4.43. The number of benzene rings is 1. The van der Waals surface area contributed by atoms with E-state index in [1.54, 1.807) is 0 Å². The van der Waals surface area contributed by atoms with Gasteiger partial charge >= 0.3 is 17.8 Å². The Bertz CT molecular complexity index is 1190. The van der Waals surface area contributed by atoms with Crippen molar-refractivity contribution < 1.29 is 27.8 Å². The molecule has 0 aliphatic rings. The molecule has 3 aromatic rings. The molecule has 28 heavy (non-hydrogen) atoms. The third-order valence-corrected chi connectivity index (χ3v) is 4.87. The van der Waals surface area contributed by atoms with Gasteiger partial charge in [0.15, 0.2) is 6.10 Å². The second kappa shape index (κ2) is 6.87. The van der Waals surface area contributed by atoms with Crippen LogP contribution in [0.1, 0.15) is 17.5 Å². The number of ether oxygens (including phenoxy) is 1. The number of carbonyl (C=O) groups excluding carboxylic acids is 1. The van der Waals surface area contributed by atoms with Gasteiger partial charge in [0.25, 0.3) is 5.56 Å². The minimum absolute atomic E-state index is 0.0367. The van der Waals surface area contributed by atoms with Crippen LogP contribution in [0.25, 0.3) is 15.8 Å². The molecule has 0 aliphatic carbocycles. The summed E-state index contributed by atoms with van der Waals surface area (Å²) < 4.78 is 48.8. The van der Waals surface area contributed by atoms with Gasteiger partial charge in [-0.25, -0.2) is 14.2 Å². The van der Waals surface area contributed by atoms with Gasteiger partial charge in [-0.05, 0) is 29.7 Å². The van der Waals surface area contributed by atoms with E-state index in [1.807, 2.05) is 0 Å². The maximum atomic E-state index is 13.0. The predicted molar refractivity (Wildman–Crippen MR) is 92.4 cm³/mol. The van der Waals surface area contributed by atoms with Gasteiger partial charge in [-0.1, -0.05) is 0 Å². The number of aliphatic hydroxyl groups excluding tert-OH is 1. The highest BCUT2D eigenvalue weighted by Gasteiger charge is 2.35. The first-order valence-electron chi connectivity index (χ1n) is 7.62. The van der Waals surface area contributed by atoms with Crippen molar-refractivity contribution in [3.8, 4) is 5.69 Å². The van der Waals surface area contributed by atoms with E-state index < -0.39 is 35.2 Å². The number of carbonyl (C=O) groups is 1. The summed E-state index contributed by atoms with van der Waals surface area (Å²) in [6.45, 7) is 0. The van der Waals surface area contributed by atoms with E-state index >= 15 is 0 Å². The fourth-order valence-corrected chi connectivity index (χ4v) is 3.43. The summed E-state index contributed by atoms with van der Waals surface area (Å²) in [5.74, 6) is -0.958. The number of hydrogen-bond donors (Lipinski definition) is 1. The molecule has 12 heteroatoms. The quantitative estimate of drug-likeness (QED) is 0.648. The summed E-state index contributed by atoms with van der Waals surface area (Å²) in [6.07, 6.45) is -6.56. The van der Waals surface area contributed by atoms with Crippen LogP contribution in [0.2, 0.25) is 0 Å². The first-order chi connectivity index (χ1) is 13.1. The molecular weight excluding hydrogens is 403 g/mol. The average molecular weight is 415 g/mol. The molecule has 1 N–H and O–H groups in total. The Morgan fingerprint density at radius 1 is 1.29 bits per heavy atom. The second-order valence-electron chi connectivity index (χ2n) is 5.72. The summed E-state index contributed by atoms with van der Waals surface area (Å²) in [5.41, 5.74) is -3.83. The third-order valence-electron chi connectivity index (χ3n) is 4.03. The van der Waals surface area contributed by atoms with Gasteiger partial charge in [-0.2, -0.15) is 17.5 Å². The van der Waals surface area contributed by atoms with Crippen LogP contribution in [0.15, 0.2) is 33.9 Å². The molecule has 0 spiro atoms. The van der Waals surface area contributed by atoms with Crippen LogP contribution in [0, 0.1) is 0 Å².